The number of aliphatic hydroxyl groups is 1. The molecule has 1 fully saturated rings. The van der Waals surface area contributed by atoms with Gasteiger partial charge in [-0.25, -0.2) is 0 Å². The molecule has 2 N–H and O–H groups in total. The Bertz CT molecular complexity index is 92.1. The lowest BCUT2D eigenvalue weighted by Gasteiger charge is -2.21. The van der Waals surface area contributed by atoms with Crippen molar-refractivity contribution in [1.82, 2.24) is 5.32 Å². The molecule has 11 heavy (non-hydrogen) atoms. The molecular weight excluding hydrogens is 142 g/mol. The Hall–Kier alpha value is -0.120. The van der Waals surface area contributed by atoms with Crippen molar-refractivity contribution in [2.75, 3.05) is 32.9 Å². The summed E-state index contributed by atoms with van der Waals surface area (Å²) in [6.07, 6.45) is 2.43. The van der Waals surface area contributed by atoms with E-state index in [2.05, 4.69) is 5.32 Å². The first-order valence-corrected chi connectivity index (χ1v) is 4.33. The number of aliphatic hydroxyl groups excluding tert-OH is 1. The summed E-state index contributed by atoms with van der Waals surface area (Å²) in [4.78, 5) is 0. The third-order valence-electron chi connectivity index (χ3n) is 2.05. The average molecular weight is 159 g/mol. The number of nitrogens with one attached hydrogen (secondary N) is 1. The number of hydrogen-bond acceptors (Lipinski definition) is 3. The van der Waals surface area contributed by atoms with E-state index in [-0.39, 0.29) is 6.61 Å². The number of ether oxygens (including phenoxy) is 1. The van der Waals surface area contributed by atoms with Crippen LogP contribution in [0, 0.1) is 5.92 Å². The highest BCUT2D eigenvalue weighted by Gasteiger charge is 2.12. The van der Waals surface area contributed by atoms with Crippen LogP contribution in [0.3, 0.4) is 0 Å². The molecule has 1 aliphatic rings. The van der Waals surface area contributed by atoms with E-state index >= 15 is 0 Å². The van der Waals surface area contributed by atoms with Crippen LogP contribution < -0.4 is 5.32 Å². The molecule has 0 aromatic carbocycles. The van der Waals surface area contributed by atoms with Gasteiger partial charge in [0.25, 0.3) is 0 Å². The van der Waals surface area contributed by atoms with Crippen molar-refractivity contribution in [1.29, 1.82) is 0 Å². The maximum Gasteiger partial charge on any atom is 0.0697 e. The molecule has 0 atom stereocenters. The number of rotatable bonds is 4. The maximum absolute atomic E-state index is 8.46. The van der Waals surface area contributed by atoms with Crippen molar-refractivity contribution in [2.24, 2.45) is 5.92 Å². The standard InChI is InChI=1S/C8H17NO2/c10-5-6-11-7-8-1-3-9-4-2-8/h8-10H,1-7H2. The highest BCUT2D eigenvalue weighted by molar-refractivity contribution is 4.67. The quantitative estimate of drug-likeness (QED) is 0.567. The van der Waals surface area contributed by atoms with E-state index in [4.69, 9.17) is 9.84 Å². The maximum atomic E-state index is 8.46. The first-order chi connectivity index (χ1) is 5.43. The molecule has 0 aromatic heterocycles. The van der Waals surface area contributed by atoms with E-state index < -0.39 is 0 Å². The second kappa shape index (κ2) is 5.52. The molecule has 3 heteroatoms. The molecule has 0 saturated carbocycles. The molecule has 1 heterocycles. The fraction of sp³-hybridized carbons (Fsp3) is 1.00. The van der Waals surface area contributed by atoms with Crippen LogP contribution in [0.15, 0.2) is 0 Å². The van der Waals surface area contributed by atoms with Crippen molar-refractivity contribution in [2.45, 2.75) is 12.8 Å². The van der Waals surface area contributed by atoms with Gasteiger partial charge in [0.1, 0.15) is 0 Å². The Morgan fingerprint density at radius 2 is 2.09 bits per heavy atom. The smallest absolute Gasteiger partial charge is 0.0697 e. The Morgan fingerprint density at radius 1 is 1.36 bits per heavy atom. The van der Waals surface area contributed by atoms with Gasteiger partial charge in [-0.3, -0.25) is 0 Å². The minimum Gasteiger partial charge on any atom is -0.394 e. The van der Waals surface area contributed by atoms with E-state index in [0.29, 0.717) is 12.5 Å². The molecular formula is C8H17NO2. The molecule has 0 unspecified atom stereocenters. The summed E-state index contributed by atoms with van der Waals surface area (Å²) in [5, 5.41) is 11.8. The van der Waals surface area contributed by atoms with Gasteiger partial charge in [-0.05, 0) is 31.8 Å². The highest BCUT2D eigenvalue weighted by Crippen LogP contribution is 2.11. The van der Waals surface area contributed by atoms with Crippen LogP contribution in [0.25, 0.3) is 0 Å². The molecule has 0 aromatic rings. The topological polar surface area (TPSA) is 41.5 Å². The van der Waals surface area contributed by atoms with Crippen LogP contribution in [0.5, 0.6) is 0 Å². The second-order valence-corrected chi connectivity index (χ2v) is 2.99. The van der Waals surface area contributed by atoms with Crippen molar-refractivity contribution in [3.8, 4) is 0 Å². The van der Waals surface area contributed by atoms with Crippen LogP contribution in [0.2, 0.25) is 0 Å². The summed E-state index contributed by atoms with van der Waals surface area (Å²) >= 11 is 0. The Kier molecular flexibility index (Phi) is 4.50. The van der Waals surface area contributed by atoms with Gasteiger partial charge in [0, 0.05) is 6.61 Å². The largest absolute Gasteiger partial charge is 0.394 e. The van der Waals surface area contributed by atoms with Gasteiger partial charge in [-0.15, -0.1) is 0 Å². The van der Waals surface area contributed by atoms with E-state index in [9.17, 15) is 0 Å². The minimum atomic E-state index is 0.144. The summed E-state index contributed by atoms with van der Waals surface area (Å²) < 4.78 is 5.24. The van der Waals surface area contributed by atoms with E-state index in [0.717, 1.165) is 19.7 Å². The van der Waals surface area contributed by atoms with Crippen molar-refractivity contribution in [3.63, 3.8) is 0 Å². The second-order valence-electron chi connectivity index (χ2n) is 2.99. The SMILES string of the molecule is OCCOCC1CCNCC1. The molecule has 1 aliphatic heterocycles. The Balaban J connectivity index is 1.96. The summed E-state index contributed by atoms with van der Waals surface area (Å²) in [6.45, 7) is 3.69. The van der Waals surface area contributed by atoms with E-state index in [1.807, 2.05) is 0 Å². The number of hydrogen-bond donors (Lipinski definition) is 2. The van der Waals surface area contributed by atoms with Gasteiger partial charge < -0.3 is 15.2 Å². The van der Waals surface area contributed by atoms with E-state index in [1.54, 1.807) is 0 Å². The first-order valence-electron chi connectivity index (χ1n) is 4.33. The van der Waals surface area contributed by atoms with Crippen LogP contribution in [0.4, 0.5) is 0 Å². The lowest BCUT2D eigenvalue weighted by molar-refractivity contribution is 0.0599. The van der Waals surface area contributed by atoms with Crippen molar-refractivity contribution >= 4 is 0 Å². The van der Waals surface area contributed by atoms with Gasteiger partial charge in [-0.2, -0.15) is 0 Å². The Labute approximate surface area is 67.7 Å². The molecule has 0 amide bonds. The molecule has 0 bridgehead atoms. The minimum absolute atomic E-state index is 0.144. The van der Waals surface area contributed by atoms with E-state index in [1.165, 1.54) is 12.8 Å². The molecule has 0 spiro atoms. The Morgan fingerprint density at radius 3 is 2.73 bits per heavy atom. The number of piperidine rings is 1. The third-order valence-corrected chi connectivity index (χ3v) is 2.05. The van der Waals surface area contributed by atoms with Crippen LogP contribution >= 0.6 is 0 Å². The lowest BCUT2D eigenvalue weighted by atomic mass is 9.99. The summed E-state index contributed by atoms with van der Waals surface area (Å²) in [5.74, 6) is 0.711. The normalized spacial score (nSPS) is 20.5. The van der Waals surface area contributed by atoms with Crippen LogP contribution in [0.1, 0.15) is 12.8 Å². The summed E-state index contributed by atoms with van der Waals surface area (Å²) in [7, 11) is 0. The highest BCUT2D eigenvalue weighted by atomic mass is 16.5. The zero-order valence-electron chi connectivity index (χ0n) is 6.88. The summed E-state index contributed by atoms with van der Waals surface area (Å²) in [6, 6.07) is 0. The predicted octanol–water partition coefficient (Wildman–Crippen LogP) is -0.00510. The molecule has 0 radical (unpaired) electrons. The van der Waals surface area contributed by atoms with Gasteiger partial charge in [0.05, 0.1) is 13.2 Å². The lowest BCUT2D eigenvalue weighted by Crippen LogP contribution is -2.30. The molecule has 0 aliphatic carbocycles. The van der Waals surface area contributed by atoms with Gasteiger partial charge in [0.2, 0.25) is 0 Å². The first kappa shape index (κ1) is 8.97. The molecule has 1 rings (SSSR count). The van der Waals surface area contributed by atoms with Crippen molar-refractivity contribution < 1.29 is 9.84 Å². The predicted molar refractivity (Wildman–Crippen MR) is 43.5 cm³/mol. The van der Waals surface area contributed by atoms with Crippen LogP contribution in [-0.2, 0) is 4.74 Å². The average Bonchev–Trinajstić information content (AvgIpc) is 2.07. The zero-order chi connectivity index (χ0) is 7.94. The molecule has 3 nitrogen and oxygen atoms in total. The molecule has 1 saturated heterocycles. The van der Waals surface area contributed by atoms with Gasteiger partial charge >= 0.3 is 0 Å². The summed E-state index contributed by atoms with van der Waals surface area (Å²) in [5.41, 5.74) is 0. The fourth-order valence-corrected chi connectivity index (χ4v) is 1.36. The van der Waals surface area contributed by atoms with Gasteiger partial charge in [-0.1, -0.05) is 0 Å². The monoisotopic (exact) mass is 159 g/mol. The van der Waals surface area contributed by atoms with Crippen LogP contribution in [-0.4, -0.2) is 38.0 Å². The third kappa shape index (κ3) is 3.70. The zero-order valence-corrected chi connectivity index (χ0v) is 6.88. The fourth-order valence-electron chi connectivity index (χ4n) is 1.36. The molecule has 66 valence electrons. The van der Waals surface area contributed by atoms with Crippen molar-refractivity contribution in [3.05, 3.63) is 0 Å². The van der Waals surface area contributed by atoms with Gasteiger partial charge in [0.15, 0.2) is 0 Å².